The van der Waals surface area contributed by atoms with Crippen molar-refractivity contribution in [1.29, 1.82) is 0 Å². The molecule has 0 saturated heterocycles. The second-order valence-electron chi connectivity index (χ2n) is 3.50. The predicted octanol–water partition coefficient (Wildman–Crippen LogP) is 2.97. The zero-order chi connectivity index (χ0) is 13.9. The molecule has 1 aromatic rings. The van der Waals surface area contributed by atoms with Crippen LogP contribution in [-0.2, 0) is 10.0 Å². The number of benzene rings is 1. The summed E-state index contributed by atoms with van der Waals surface area (Å²) in [5.74, 6) is -0.611. The van der Waals surface area contributed by atoms with E-state index in [2.05, 4.69) is 49.9 Å². The fraction of sp³-hybridized carbons (Fsp3) is 0.300. The Hall–Kier alpha value is 0.830. The fourth-order valence-corrected chi connectivity index (χ4v) is 4.67. The van der Waals surface area contributed by atoms with Crippen LogP contribution in [0.4, 0.5) is 0 Å². The molecule has 0 radical (unpaired) electrons. The van der Waals surface area contributed by atoms with Crippen LogP contribution in [-0.4, -0.2) is 20.1 Å². The van der Waals surface area contributed by atoms with Crippen LogP contribution in [0.25, 0.3) is 0 Å². The van der Waals surface area contributed by atoms with Crippen LogP contribution in [0, 0.1) is 10.7 Å². The third-order valence-electron chi connectivity index (χ3n) is 1.96. The third-order valence-corrected chi connectivity index (χ3v) is 7.07. The molecule has 18 heavy (non-hydrogen) atoms. The molecule has 1 aromatic carbocycles. The van der Waals surface area contributed by atoms with Crippen LogP contribution in [0.5, 0.6) is 0 Å². The topological polar surface area (TPSA) is 63.2 Å². The van der Waals surface area contributed by atoms with E-state index in [-0.39, 0.29) is 5.75 Å². The maximum atomic E-state index is 12.0. The Morgan fingerprint density at radius 1 is 1.28 bits per heavy atom. The highest BCUT2D eigenvalue weighted by atomic mass is 127. The van der Waals surface area contributed by atoms with E-state index < -0.39 is 15.9 Å². The van der Waals surface area contributed by atoms with Gasteiger partial charge in [-0.2, -0.15) is 0 Å². The summed E-state index contributed by atoms with van der Waals surface area (Å²) in [5, 5.41) is 0. The molecule has 0 aliphatic carbocycles. The van der Waals surface area contributed by atoms with Gasteiger partial charge in [0.05, 0.1) is 11.3 Å². The van der Waals surface area contributed by atoms with Crippen molar-refractivity contribution in [2.24, 2.45) is 0 Å². The van der Waals surface area contributed by atoms with Crippen LogP contribution in [0.15, 0.2) is 12.1 Å². The van der Waals surface area contributed by atoms with Gasteiger partial charge >= 0.3 is 0 Å². The molecule has 0 unspecified atom stereocenters. The standard InChI is InChI=1S/C10H10I3NO3S/c1-2-3-18(16,17)14-10(15)7-4-6(11)5-8(12)9(7)13/h4-5H,2-3H2,1H3,(H,14,15). The smallest absolute Gasteiger partial charge is 0.265 e. The summed E-state index contributed by atoms with van der Waals surface area (Å²) in [6.45, 7) is 1.75. The predicted molar refractivity (Wildman–Crippen MR) is 96.1 cm³/mol. The van der Waals surface area contributed by atoms with Gasteiger partial charge in [0, 0.05) is 10.7 Å². The number of nitrogens with one attached hydrogen (secondary N) is 1. The van der Waals surface area contributed by atoms with Gasteiger partial charge in [-0.3, -0.25) is 4.79 Å². The molecule has 0 aromatic heterocycles. The van der Waals surface area contributed by atoms with Gasteiger partial charge in [-0.25, -0.2) is 13.1 Å². The van der Waals surface area contributed by atoms with Gasteiger partial charge in [0.15, 0.2) is 0 Å². The first kappa shape index (κ1) is 16.9. The minimum atomic E-state index is -3.53. The summed E-state index contributed by atoms with van der Waals surface area (Å²) >= 11 is 6.26. The Kier molecular flexibility index (Phi) is 6.58. The average Bonchev–Trinajstić information content (AvgIpc) is 2.22. The third kappa shape index (κ3) is 4.74. The van der Waals surface area contributed by atoms with Crippen molar-refractivity contribution in [3.8, 4) is 0 Å². The van der Waals surface area contributed by atoms with Gasteiger partial charge in [0.2, 0.25) is 10.0 Å². The molecule has 100 valence electrons. The number of carbonyl (C=O) groups is 1. The SMILES string of the molecule is CCCS(=O)(=O)NC(=O)c1cc(I)cc(I)c1I. The maximum absolute atomic E-state index is 12.0. The number of hydrogen-bond acceptors (Lipinski definition) is 3. The molecule has 0 saturated carbocycles. The van der Waals surface area contributed by atoms with Crippen molar-refractivity contribution in [2.45, 2.75) is 13.3 Å². The second-order valence-corrected chi connectivity index (χ2v) is 8.83. The Labute approximate surface area is 147 Å². The minimum absolute atomic E-state index is 0.0453. The van der Waals surface area contributed by atoms with E-state index in [1.165, 1.54) is 0 Å². The Morgan fingerprint density at radius 2 is 1.89 bits per heavy atom. The molecule has 0 bridgehead atoms. The van der Waals surface area contributed by atoms with Gasteiger partial charge in [-0.15, -0.1) is 0 Å². The van der Waals surface area contributed by atoms with E-state index in [0.717, 1.165) is 10.7 Å². The molecule has 0 heterocycles. The van der Waals surface area contributed by atoms with E-state index in [0.29, 0.717) is 12.0 Å². The van der Waals surface area contributed by atoms with Crippen LogP contribution in [0.1, 0.15) is 23.7 Å². The fourth-order valence-electron chi connectivity index (χ4n) is 1.24. The first-order chi connectivity index (χ1) is 8.26. The summed E-state index contributed by atoms with van der Waals surface area (Å²) < 4.78 is 27.8. The minimum Gasteiger partial charge on any atom is -0.268 e. The van der Waals surface area contributed by atoms with E-state index in [4.69, 9.17) is 0 Å². The van der Waals surface area contributed by atoms with E-state index in [1.54, 1.807) is 13.0 Å². The molecule has 0 fully saturated rings. The highest BCUT2D eigenvalue weighted by molar-refractivity contribution is 14.1. The first-order valence-electron chi connectivity index (χ1n) is 4.96. The van der Waals surface area contributed by atoms with Gasteiger partial charge < -0.3 is 0 Å². The lowest BCUT2D eigenvalue weighted by Gasteiger charge is -2.09. The van der Waals surface area contributed by atoms with Gasteiger partial charge in [0.25, 0.3) is 5.91 Å². The Bertz CT molecular complexity index is 572. The molecular formula is C10H10I3NO3S. The van der Waals surface area contributed by atoms with Crippen molar-refractivity contribution in [1.82, 2.24) is 4.72 Å². The van der Waals surface area contributed by atoms with Crippen LogP contribution < -0.4 is 4.72 Å². The van der Waals surface area contributed by atoms with Crippen LogP contribution >= 0.6 is 67.8 Å². The summed E-state index contributed by atoms with van der Waals surface area (Å²) in [6.07, 6.45) is 0.476. The number of rotatable bonds is 4. The Balaban J connectivity index is 3.06. The summed E-state index contributed by atoms with van der Waals surface area (Å²) in [7, 11) is -3.53. The van der Waals surface area contributed by atoms with Crippen molar-refractivity contribution >= 4 is 83.7 Å². The van der Waals surface area contributed by atoms with Crippen molar-refractivity contribution in [3.63, 3.8) is 0 Å². The Morgan fingerprint density at radius 3 is 2.44 bits per heavy atom. The summed E-state index contributed by atoms with van der Waals surface area (Å²) in [6, 6.07) is 3.61. The highest BCUT2D eigenvalue weighted by Gasteiger charge is 2.18. The molecule has 1 rings (SSSR count). The average molecular weight is 605 g/mol. The summed E-state index contributed by atoms with van der Waals surface area (Å²) in [4.78, 5) is 12.0. The van der Waals surface area contributed by atoms with Gasteiger partial charge in [0.1, 0.15) is 0 Å². The molecule has 1 N–H and O–H groups in total. The molecule has 0 atom stereocenters. The molecule has 0 aliphatic heterocycles. The molecule has 8 heteroatoms. The van der Waals surface area contributed by atoms with E-state index >= 15 is 0 Å². The molecular weight excluding hydrogens is 595 g/mol. The van der Waals surface area contributed by atoms with Crippen molar-refractivity contribution in [2.75, 3.05) is 5.75 Å². The lowest BCUT2D eigenvalue weighted by atomic mass is 10.2. The van der Waals surface area contributed by atoms with E-state index in [1.807, 2.05) is 28.7 Å². The lowest BCUT2D eigenvalue weighted by molar-refractivity contribution is 0.0980. The van der Waals surface area contributed by atoms with Crippen molar-refractivity contribution < 1.29 is 13.2 Å². The molecule has 0 spiro atoms. The van der Waals surface area contributed by atoms with E-state index in [9.17, 15) is 13.2 Å². The lowest BCUT2D eigenvalue weighted by Crippen LogP contribution is -2.33. The maximum Gasteiger partial charge on any atom is 0.265 e. The van der Waals surface area contributed by atoms with Crippen LogP contribution in [0.2, 0.25) is 0 Å². The molecule has 4 nitrogen and oxygen atoms in total. The quantitative estimate of drug-likeness (QED) is 0.425. The van der Waals surface area contributed by atoms with Crippen molar-refractivity contribution in [3.05, 3.63) is 28.4 Å². The number of hydrogen-bond donors (Lipinski definition) is 1. The molecule has 0 aliphatic rings. The first-order valence-corrected chi connectivity index (χ1v) is 9.85. The number of amides is 1. The zero-order valence-electron chi connectivity index (χ0n) is 9.34. The highest BCUT2D eigenvalue weighted by Crippen LogP contribution is 2.22. The van der Waals surface area contributed by atoms with Gasteiger partial charge in [-0.1, -0.05) is 6.92 Å². The second kappa shape index (κ2) is 7.02. The van der Waals surface area contributed by atoms with Gasteiger partial charge in [-0.05, 0) is 86.3 Å². The summed E-state index contributed by atoms with van der Waals surface area (Å²) in [5.41, 5.74) is 0.395. The number of halogens is 3. The normalized spacial score (nSPS) is 11.3. The largest absolute Gasteiger partial charge is 0.268 e. The number of carbonyl (C=O) groups excluding carboxylic acids is 1. The zero-order valence-corrected chi connectivity index (χ0v) is 16.6. The number of sulfonamides is 1. The monoisotopic (exact) mass is 605 g/mol. The van der Waals surface area contributed by atoms with Crippen LogP contribution in [0.3, 0.4) is 0 Å². The molecule has 1 amide bonds.